The minimum absolute atomic E-state index is 0.0603. The number of carbonyl (C=O) groups excluding carboxylic acids is 1. The second kappa shape index (κ2) is 6.15. The Morgan fingerprint density at radius 3 is 2.73 bits per heavy atom. The molecule has 1 amide bonds. The van der Waals surface area contributed by atoms with Crippen molar-refractivity contribution in [3.8, 4) is 5.75 Å². The molecule has 1 N–H and O–H groups in total. The molecule has 0 radical (unpaired) electrons. The Kier molecular flexibility index (Phi) is 4.06. The fourth-order valence-corrected chi connectivity index (χ4v) is 3.05. The first-order chi connectivity index (χ1) is 10.6. The van der Waals surface area contributed by atoms with Crippen LogP contribution >= 0.6 is 11.3 Å². The van der Waals surface area contributed by atoms with Crippen LogP contribution in [0.1, 0.15) is 11.1 Å². The zero-order valence-corrected chi connectivity index (χ0v) is 13.2. The summed E-state index contributed by atoms with van der Waals surface area (Å²) in [5, 5.41) is 3.47. The third-order valence-corrected chi connectivity index (χ3v) is 4.26. The maximum absolute atomic E-state index is 12.1. The van der Waals surface area contributed by atoms with Crippen LogP contribution in [0.5, 0.6) is 5.75 Å². The molecule has 3 rings (SSSR count). The normalized spacial score (nSPS) is 10.6. The van der Waals surface area contributed by atoms with Crippen LogP contribution in [-0.4, -0.2) is 18.0 Å². The lowest BCUT2D eigenvalue weighted by Gasteiger charge is -2.02. The number of hydrogen-bond acceptors (Lipinski definition) is 4. The van der Waals surface area contributed by atoms with Gasteiger partial charge in [-0.3, -0.25) is 4.79 Å². The SMILES string of the molecule is COc1ccc2nc(NC(=O)Cc3ccc(C)cc3)sc2c1. The smallest absolute Gasteiger partial charge is 0.230 e. The molecule has 1 heterocycles. The molecule has 2 aromatic carbocycles. The van der Waals surface area contributed by atoms with Gasteiger partial charge in [0.25, 0.3) is 0 Å². The van der Waals surface area contributed by atoms with Crippen molar-refractivity contribution in [1.82, 2.24) is 4.98 Å². The van der Waals surface area contributed by atoms with Crippen molar-refractivity contribution in [3.63, 3.8) is 0 Å². The van der Waals surface area contributed by atoms with Crippen LogP contribution in [0, 0.1) is 6.92 Å². The van der Waals surface area contributed by atoms with Crippen molar-refractivity contribution in [2.24, 2.45) is 0 Å². The van der Waals surface area contributed by atoms with E-state index in [4.69, 9.17) is 4.74 Å². The number of fused-ring (bicyclic) bond motifs is 1. The summed E-state index contributed by atoms with van der Waals surface area (Å²) in [6.45, 7) is 2.03. The second-order valence-corrected chi connectivity index (χ2v) is 6.09. The molecule has 0 fully saturated rings. The van der Waals surface area contributed by atoms with E-state index >= 15 is 0 Å². The van der Waals surface area contributed by atoms with E-state index in [0.717, 1.165) is 21.5 Å². The Morgan fingerprint density at radius 2 is 2.00 bits per heavy atom. The van der Waals surface area contributed by atoms with Gasteiger partial charge in [-0.25, -0.2) is 4.98 Å². The van der Waals surface area contributed by atoms with Gasteiger partial charge in [0.05, 0.1) is 23.7 Å². The summed E-state index contributed by atoms with van der Waals surface area (Å²) in [4.78, 5) is 16.5. The van der Waals surface area contributed by atoms with Gasteiger partial charge in [0.1, 0.15) is 5.75 Å². The monoisotopic (exact) mass is 312 g/mol. The largest absolute Gasteiger partial charge is 0.497 e. The molecule has 3 aromatic rings. The Labute approximate surface area is 132 Å². The predicted molar refractivity (Wildman–Crippen MR) is 89.7 cm³/mol. The minimum Gasteiger partial charge on any atom is -0.497 e. The highest BCUT2D eigenvalue weighted by atomic mass is 32.1. The molecule has 112 valence electrons. The Morgan fingerprint density at radius 1 is 1.23 bits per heavy atom. The number of rotatable bonds is 4. The van der Waals surface area contributed by atoms with Crippen molar-refractivity contribution in [2.45, 2.75) is 13.3 Å². The number of ether oxygens (including phenoxy) is 1. The third-order valence-electron chi connectivity index (χ3n) is 3.33. The minimum atomic E-state index is -0.0603. The lowest BCUT2D eigenvalue weighted by atomic mass is 10.1. The third kappa shape index (κ3) is 3.26. The zero-order valence-electron chi connectivity index (χ0n) is 12.4. The highest BCUT2D eigenvalue weighted by Crippen LogP contribution is 2.29. The van der Waals surface area contributed by atoms with Gasteiger partial charge in [0.2, 0.25) is 5.91 Å². The van der Waals surface area contributed by atoms with E-state index in [1.807, 2.05) is 49.4 Å². The first kappa shape index (κ1) is 14.5. The number of amides is 1. The first-order valence-corrected chi connectivity index (χ1v) is 7.75. The van der Waals surface area contributed by atoms with Crippen LogP contribution in [0.3, 0.4) is 0 Å². The van der Waals surface area contributed by atoms with Crippen LogP contribution < -0.4 is 10.1 Å². The van der Waals surface area contributed by atoms with E-state index in [9.17, 15) is 4.79 Å². The average molecular weight is 312 g/mol. The van der Waals surface area contributed by atoms with Crippen LogP contribution in [0.2, 0.25) is 0 Å². The van der Waals surface area contributed by atoms with E-state index in [1.165, 1.54) is 16.9 Å². The fourth-order valence-electron chi connectivity index (χ4n) is 2.14. The summed E-state index contributed by atoms with van der Waals surface area (Å²) < 4.78 is 6.18. The van der Waals surface area contributed by atoms with Crippen molar-refractivity contribution >= 4 is 32.6 Å². The molecule has 0 atom stereocenters. The van der Waals surface area contributed by atoms with E-state index < -0.39 is 0 Å². The Bertz CT molecular complexity index is 809. The number of methoxy groups -OCH3 is 1. The van der Waals surface area contributed by atoms with Gasteiger partial charge in [0, 0.05) is 0 Å². The van der Waals surface area contributed by atoms with Gasteiger partial charge >= 0.3 is 0 Å². The van der Waals surface area contributed by atoms with E-state index in [0.29, 0.717) is 11.6 Å². The molecule has 0 saturated carbocycles. The van der Waals surface area contributed by atoms with Gasteiger partial charge < -0.3 is 10.1 Å². The number of benzene rings is 2. The lowest BCUT2D eigenvalue weighted by Crippen LogP contribution is -2.14. The number of aromatic nitrogens is 1. The molecule has 0 bridgehead atoms. The van der Waals surface area contributed by atoms with Crippen molar-refractivity contribution < 1.29 is 9.53 Å². The molecule has 0 aliphatic heterocycles. The molecule has 0 saturated heterocycles. The van der Waals surface area contributed by atoms with Gasteiger partial charge in [0.15, 0.2) is 5.13 Å². The number of carbonyl (C=O) groups is 1. The standard InChI is InChI=1S/C17H16N2O2S/c1-11-3-5-12(6-4-11)9-16(20)19-17-18-14-8-7-13(21-2)10-15(14)22-17/h3-8,10H,9H2,1-2H3,(H,18,19,20). The molecule has 22 heavy (non-hydrogen) atoms. The van der Waals surface area contributed by atoms with Gasteiger partial charge in [-0.2, -0.15) is 0 Å². The molecule has 0 unspecified atom stereocenters. The fraction of sp³-hybridized carbons (Fsp3) is 0.176. The summed E-state index contributed by atoms with van der Waals surface area (Å²) in [5.41, 5.74) is 3.03. The van der Waals surface area contributed by atoms with Gasteiger partial charge in [-0.15, -0.1) is 0 Å². The van der Waals surface area contributed by atoms with Crippen molar-refractivity contribution in [3.05, 3.63) is 53.6 Å². The predicted octanol–water partition coefficient (Wildman–Crippen LogP) is 3.79. The molecule has 4 nitrogen and oxygen atoms in total. The van der Waals surface area contributed by atoms with Crippen LogP contribution in [0.4, 0.5) is 5.13 Å². The van der Waals surface area contributed by atoms with Crippen LogP contribution in [0.25, 0.3) is 10.2 Å². The zero-order chi connectivity index (χ0) is 15.5. The molecule has 1 aromatic heterocycles. The van der Waals surface area contributed by atoms with Crippen molar-refractivity contribution in [1.29, 1.82) is 0 Å². The molecular formula is C17H16N2O2S. The van der Waals surface area contributed by atoms with E-state index in [1.54, 1.807) is 7.11 Å². The maximum atomic E-state index is 12.1. The summed E-state index contributed by atoms with van der Waals surface area (Å²) in [5.74, 6) is 0.726. The quantitative estimate of drug-likeness (QED) is 0.797. The topological polar surface area (TPSA) is 51.2 Å². The number of nitrogens with zero attached hydrogens (tertiary/aromatic N) is 1. The summed E-state index contributed by atoms with van der Waals surface area (Å²) in [6, 6.07) is 13.6. The van der Waals surface area contributed by atoms with Gasteiger partial charge in [-0.05, 0) is 30.7 Å². The van der Waals surface area contributed by atoms with E-state index in [2.05, 4.69) is 10.3 Å². The number of aryl methyl sites for hydroxylation is 1. The average Bonchev–Trinajstić information content (AvgIpc) is 2.90. The number of nitrogens with one attached hydrogen (secondary N) is 1. The number of hydrogen-bond donors (Lipinski definition) is 1. The summed E-state index contributed by atoms with van der Waals surface area (Å²) in [7, 11) is 1.63. The molecule has 5 heteroatoms. The highest BCUT2D eigenvalue weighted by molar-refractivity contribution is 7.22. The number of anilines is 1. The number of thiazole rings is 1. The molecular weight excluding hydrogens is 296 g/mol. The second-order valence-electron chi connectivity index (χ2n) is 5.06. The lowest BCUT2D eigenvalue weighted by molar-refractivity contribution is -0.115. The van der Waals surface area contributed by atoms with Crippen LogP contribution in [-0.2, 0) is 11.2 Å². The molecule has 0 spiro atoms. The molecule has 0 aliphatic rings. The first-order valence-electron chi connectivity index (χ1n) is 6.94. The van der Waals surface area contributed by atoms with Crippen LogP contribution in [0.15, 0.2) is 42.5 Å². The Balaban J connectivity index is 1.72. The molecule has 0 aliphatic carbocycles. The van der Waals surface area contributed by atoms with E-state index in [-0.39, 0.29) is 5.91 Å². The summed E-state index contributed by atoms with van der Waals surface area (Å²) in [6.07, 6.45) is 0.347. The Hall–Kier alpha value is -2.40. The van der Waals surface area contributed by atoms with Gasteiger partial charge in [-0.1, -0.05) is 41.2 Å². The van der Waals surface area contributed by atoms with Crippen molar-refractivity contribution in [2.75, 3.05) is 12.4 Å². The highest BCUT2D eigenvalue weighted by Gasteiger charge is 2.09. The maximum Gasteiger partial charge on any atom is 0.230 e. The summed E-state index contributed by atoms with van der Waals surface area (Å²) >= 11 is 1.45.